The van der Waals surface area contributed by atoms with Crippen molar-refractivity contribution in [2.45, 2.75) is 26.3 Å². The molecule has 0 bridgehead atoms. The molecule has 2 aromatic rings. The smallest absolute Gasteiger partial charge is 0.123 e. The normalized spacial score (nSPS) is 10.7. The fourth-order valence-corrected chi connectivity index (χ4v) is 3.10. The van der Waals surface area contributed by atoms with Gasteiger partial charge in [0.05, 0.1) is 12.8 Å². The predicted molar refractivity (Wildman–Crippen MR) is 80.9 cm³/mol. The van der Waals surface area contributed by atoms with Crippen molar-refractivity contribution in [3.8, 4) is 16.3 Å². The van der Waals surface area contributed by atoms with Gasteiger partial charge < -0.3 is 10.1 Å². The van der Waals surface area contributed by atoms with Crippen LogP contribution in [0.4, 0.5) is 0 Å². The molecule has 0 saturated carbocycles. The highest BCUT2D eigenvalue weighted by molar-refractivity contribution is 7.15. The maximum absolute atomic E-state index is 5.18. The third-order valence-corrected chi connectivity index (χ3v) is 4.09. The van der Waals surface area contributed by atoms with E-state index in [0.29, 0.717) is 0 Å². The molecule has 1 aromatic carbocycles. The summed E-state index contributed by atoms with van der Waals surface area (Å²) in [4.78, 5) is 6.12. The number of aromatic nitrogens is 1. The zero-order valence-corrected chi connectivity index (χ0v) is 12.5. The second kappa shape index (κ2) is 6.68. The minimum atomic E-state index is 0.879. The first kappa shape index (κ1) is 14.0. The van der Waals surface area contributed by atoms with Gasteiger partial charge in [0, 0.05) is 17.0 Å². The van der Waals surface area contributed by atoms with Gasteiger partial charge in [0.2, 0.25) is 0 Å². The van der Waals surface area contributed by atoms with Crippen molar-refractivity contribution in [1.82, 2.24) is 10.3 Å². The number of rotatable bonds is 6. The highest BCUT2D eigenvalue weighted by atomic mass is 32.1. The van der Waals surface area contributed by atoms with Crippen molar-refractivity contribution < 1.29 is 4.74 Å². The second-order valence-corrected chi connectivity index (χ2v) is 5.48. The number of nitrogens with one attached hydrogen (secondary N) is 1. The minimum absolute atomic E-state index is 0.879. The lowest BCUT2D eigenvalue weighted by atomic mass is 10.2. The van der Waals surface area contributed by atoms with Gasteiger partial charge in [-0.1, -0.05) is 13.3 Å². The molecule has 1 aromatic heterocycles. The van der Waals surface area contributed by atoms with Crippen LogP contribution in [-0.2, 0) is 13.0 Å². The van der Waals surface area contributed by atoms with E-state index >= 15 is 0 Å². The first-order valence-electron chi connectivity index (χ1n) is 6.56. The van der Waals surface area contributed by atoms with Crippen molar-refractivity contribution in [2.24, 2.45) is 0 Å². The molecule has 0 saturated heterocycles. The number of hydrogen-bond acceptors (Lipinski definition) is 4. The lowest BCUT2D eigenvalue weighted by molar-refractivity contribution is 0.415. The van der Waals surface area contributed by atoms with E-state index in [4.69, 9.17) is 9.72 Å². The van der Waals surface area contributed by atoms with Gasteiger partial charge in [0.1, 0.15) is 10.8 Å². The van der Waals surface area contributed by atoms with Crippen LogP contribution >= 0.6 is 11.3 Å². The molecule has 0 spiro atoms. The molecule has 0 aliphatic rings. The first-order valence-corrected chi connectivity index (χ1v) is 7.37. The number of aryl methyl sites for hydroxylation is 1. The number of benzene rings is 1. The van der Waals surface area contributed by atoms with Gasteiger partial charge in [0.15, 0.2) is 0 Å². The van der Waals surface area contributed by atoms with Gasteiger partial charge in [-0.15, -0.1) is 11.3 Å². The van der Waals surface area contributed by atoms with Crippen molar-refractivity contribution in [3.63, 3.8) is 0 Å². The summed E-state index contributed by atoms with van der Waals surface area (Å²) >= 11 is 1.78. The highest BCUT2D eigenvalue weighted by Gasteiger charge is 2.11. The van der Waals surface area contributed by atoms with Gasteiger partial charge in [-0.05, 0) is 37.7 Å². The summed E-state index contributed by atoms with van der Waals surface area (Å²) in [5.74, 6) is 0.879. The summed E-state index contributed by atoms with van der Waals surface area (Å²) in [6.45, 7) is 3.08. The molecule has 1 heterocycles. The lowest BCUT2D eigenvalue weighted by Crippen LogP contribution is -2.05. The van der Waals surface area contributed by atoms with Crippen molar-refractivity contribution in [3.05, 3.63) is 34.8 Å². The van der Waals surface area contributed by atoms with E-state index in [9.17, 15) is 0 Å². The quantitative estimate of drug-likeness (QED) is 0.877. The molecule has 3 nitrogen and oxygen atoms in total. The third kappa shape index (κ3) is 3.33. The Hall–Kier alpha value is -1.39. The van der Waals surface area contributed by atoms with Crippen molar-refractivity contribution in [2.75, 3.05) is 14.2 Å². The van der Waals surface area contributed by atoms with Crippen LogP contribution in [0.3, 0.4) is 0 Å². The Bertz CT molecular complexity index is 496. The Morgan fingerprint density at radius 2 is 2.00 bits per heavy atom. The summed E-state index contributed by atoms with van der Waals surface area (Å²) in [6.07, 6.45) is 2.17. The molecule has 0 unspecified atom stereocenters. The molecule has 0 aliphatic carbocycles. The molecular weight excluding hydrogens is 256 g/mol. The van der Waals surface area contributed by atoms with E-state index in [1.165, 1.54) is 10.6 Å². The van der Waals surface area contributed by atoms with E-state index < -0.39 is 0 Å². The Kier molecular flexibility index (Phi) is 4.93. The Morgan fingerprint density at radius 3 is 2.58 bits per heavy atom. The topological polar surface area (TPSA) is 34.1 Å². The number of thiazole rings is 1. The fourth-order valence-electron chi connectivity index (χ4n) is 1.97. The number of nitrogens with zero attached hydrogens (tertiary/aromatic N) is 1. The van der Waals surface area contributed by atoms with Crippen LogP contribution in [0, 0.1) is 0 Å². The average Bonchev–Trinajstić information content (AvgIpc) is 2.83. The van der Waals surface area contributed by atoms with Crippen LogP contribution in [0.5, 0.6) is 5.75 Å². The van der Waals surface area contributed by atoms with Crippen LogP contribution in [0.1, 0.15) is 23.9 Å². The highest BCUT2D eigenvalue weighted by Crippen LogP contribution is 2.30. The largest absolute Gasteiger partial charge is 0.497 e. The summed E-state index contributed by atoms with van der Waals surface area (Å²) < 4.78 is 5.18. The van der Waals surface area contributed by atoms with Crippen LogP contribution in [0.2, 0.25) is 0 Å². The second-order valence-electron chi connectivity index (χ2n) is 4.40. The maximum atomic E-state index is 5.18. The number of hydrogen-bond donors (Lipinski definition) is 1. The van der Waals surface area contributed by atoms with Gasteiger partial charge in [-0.2, -0.15) is 0 Å². The average molecular weight is 276 g/mol. The van der Waals surface area contributed by atoms with Crippen LogP contribution < -0.4 is 10.1 Å². The minimum Gasteiger partial charge on any atom is -0.497 e. The molecule has 2 rings (SSSR count). The van der Waals surface area contributed by atoms with Gasteiger partial charge in [0.25, 0.3) is 0 Å². The first-order chi connectivity index (χ1) is 9.28. The standard InChI is InChI=1S/C15H20N2OS/c1-4-5-13-14(10-16-2)19-15(17-13)11-6-8-12(18-3)9-7-11/h6-9,16H,4-5,10H2,1-3H3. The molecule has 102 valence electrons. The number of methoxy groups -OCH3 is 1. The molecule has 19 heavy (non-hydrogen) atoms. The van der Waals surface area contributed by atoms with E-state index in [2.05, 4.69) is 24.4 Å². The molecule has 0 fully saturated rings. The maximum Gasteiger partial charge on any atom is 0.123 e. The molecule has 1 N–H and O–H groups in total. The van der Waals surface area contributed by atoms with E-state index in [0.717, 1.165) is 35.7 Å². The number of ether oxygens (including phenoxy) is 1. The van der Waals surface area contributed by atoms with Crippen LogP contribution in [0.15, 0.2) is 24.3 Å². The molecule has 0 amide bonds. The van der Waals surface area contributed by atoms with Crippen molar-refractivity contribution in [1.29, 1.82) is 0 Å². The summed E-state index contributed by atoms with van der Waals surface area (Å²) in [5, 5.41) is 4.31. The zero-order valence-electron chi connectivity index (χ0n) is 11.7. The predicted octanol–water partition coefficient (Wildman–Crippen LogP) is 3.49. The van der Waals surface area contributed by atoms with E-state index in [1.54, 1.807) is 18.4 Å². The van der Waals surface area contributed by atoms with E-state index in [-0.39, 0.29) is 0 Å². The SMILES string of the molecule is CCCc1nc(-c2ccc(OC)cc2)sc1CNC. The molecular formula is C15H20N2OS. The van der Waals surface area contributed by atoms with Crippen LogP contribution in [-0.4, -0.2) is 19.1 Å². The van der Waals surface area contributed by atoms with Crippen molar-refractivity contribution >= 4 is 11.3 Å². The van der Waals surface area contributed by atoms with Gasteiger partial charge in [-0.25, -0.2) is 4.98 Å². The lowest BCUT2D eigenvalue weighted by Gasteiger charge is -2.00. The zero-order chi connectivity index (χ0) is 13.7. The molecule has 0 atom stereocenters. The molecule has 0 aliphatic heterocycles. The monoisotopic (exact) mass is 276 g/mol. The Labute approximate surface area is 118 Å². The summed E-state index contributed by atoms with van der Waals surface area (Å²) in [6, 6.07) is 8.09. The van der Waals surface area contributed by atoms with Gasteiger partial charge >= 0.3 is 0 Å². The molecule has 4 heteroatoms. The van der Waals surface area contributed by atoms with Gasteiger partial charge in [-0.3, -0.25) is 0 Å². The third-order valence-electron chi connectivity index (χ3n) is 2.94. The molecule has 0 radical (unpaired) electrons. The van der Waals surface area contributed by atoms with Crippen LogP contribution in [0.25, 0.3) is 10.6 Å². The Morgan fingerprint density at radius 1 is 1.26 bits per heavy atom. The Balaban J connectivity index is 2.30. The summed E-state index contributed by atoms with van der Waals surface area (Å²) in [5.41, 5.74) is 2.39. The van der Waals surface area contributed by atoms with E-state index in [1.807, 2.05) is 19.2 Å². The summed E-state index contributed by atoms with van der Waals surface area (Å²) in [7, 11) is 3.66. The fraction of sp³-hybridized carbons (Fsp3) is 0.400.